The Bertz CT molecular complexity index is 582. The van der Waals surface area contributed by atoms with Crippen LogP contribution in [0, 0.1) is 6.92 Å². The summed E-state index contributed by atoms with van der Waals surface area (Å²) in [5.74, 6) is 1.14. The highest BCUT2D eigenvalue weighted by molar-refractivity contribution is 9.10. The van der Waals surface area contributed by atoms with Crippen LogP contribution in [0.4, 0.5) is 0 Å². The minimum atomic E-state index is 0.243. The fourth-order valence-electron chi connectivity index (χ4n) is 2.59. The van der Waals surface area contributed by atoms with Crippen molar-refractivity contribution in [2.75, 3.05) is 13.6 Å². The monoisotopic (exact) mass is 319 g/mol. The molecule has 4 heteroatoms. The normalized spacial score (nSPS) is 16.6. The van der Waals surface area contributed by atoms with Gasteiger partial charge in [-0.3, -0.25) is 0 Å². The van der Waals surface area contributed by atoms with Crippen molar-refractivity contribution in [3.8, 4) is 11.3 Å². The summed E-state index contributed by atoms with van der Waals surface area (Å²) in [4.78, 5) is 8.33. The van der Waals surface area contributed by atoms with E-state index in [1.807, 2.05) is 7.05 Å². The first-order valence-electron chi connectivity index (χ1n) is 6.62. The summed E-state index contributed by atoms with van der Waals surface area (Å²) in [7, 11) is 2.01. The minimum Gasteiger partial charge on any atom is -0.345 e. The fourth-order valence-corrected chi connectivity index (χ4v) is 2.85. The van der Waals surface area contributed by atoms with Crippen LogP contribution in [0.5, 0.6) is 0 Å². The third-order valence-electron chi connectivity index (χ3n) is 3.87. The average Bonchev–Trinajstić information content (AvgIpc) is 3.07. The molecule has 0 radical (unpaired) electrons. The second-order valence-electron chi connectivity index (χ2n) is 5.38. The molecule has 0 atom stereocenters. The van der Waals surface area contributed by atoms with Crippen LogP contribution in [-0.2, 0) is 5.41 Å². The van der Waals surface area contributed by atoms with E-state index in [1.54, 1.807) is 0 Å². The van der Waals surface area contributed by atoms with Gasteiger partial charge in [0, 0.05) is 27.7 Å². The molecule has 1 aromatic carbocycles. The zero-order chi connectivity index (χ0) is 13.5. The van der Waals surface area contributed by atoms with Crippen molar-refractivity contribution in [2.24, 2.45) is 0 Å². The number of likely N-dealkylation sites (N-methyl/N-ethyl adjacent to an activating group) is 1. The molecule has 1 aliphatic carbocycles. The number of hydrogen-bond donors (Lipinski definition) is 2. The van der Waals surface area contributed by atoms with Gasteiger partial charge >= 0.3 is 0 Å². The highest BCUT2D eigenvalue weighted by Crippen LogP contribution is 2.47. The van der Waals surface area contributed by atoms with Crippen LogP contribution in [0.15, 0.2) is 28.7 Å². The van der Waals surface area contributed by atoms with Gasteiger partial charge in [0.2, 0.25) is 0 Å². The molecule has 100 valence electrons. The van der Waals surface area contributed by atoms with E-state index in [0.29, 0.717) is 0 Å². The zero-order valence-corrected chi connectivity index (χ0v) is 12.8. The number of H-pyrrole nitrogens is 1. The zero-order valence-electron chi connectivity index (χ0n) is 11.3. The number of halogens is 1. The number of benzene rings is 1. The molecule has 1 aromatic heterocycles. The third kappa shape index (κ3) is 2.35. The van der Waals surface area contributed by atoms with Crippen molar-refractivity contribution in [1.29, 1.82) is 0 Å². The Morgan fingerprint density at radius 2 is 2.00 bits per heavy atom. The maximum absolute atomic E-state index is 4.85. The number of aromatic nitrogens is 2. The average molecular weight is 320 g/mol. The van der Waals surface area contributed by atoms with Gasteiger partial charge in [-0.25, -0.2) is 4.98 Å². The SMILES string of the molecule is CNCC1(c2nc(-c3ccc(Br)cc3)c(C)[nH]2)CC1. The van der Waals surface area contributed by atoms with Crippen molar-refractivity contribution in [1.82, 2.24) is 15.3 Å². The van der Waals surface area contributed by atoms with Crippen LogP contribution >= 0.6 is 15.9 Å². The molecule has 2 N–H and O–H groups in total. The lowest BCUT2D eigenvalue weighted by Gasteiger charge is -2.10. The Morgan fingerprint density at radius 1 is 1.32 bits per heavy atom. The number of hydrogen-bond acceptors (Lipinski definition) is 2. The van der Waals surface area contributed by atoms with E-state index in [9.17, 15) is 0 Å². The molecule has 2 aromatic rings. The first-order chi connectivity index (χ1) is 9.14. The first-order valence-corrected chi connectivity index (χ1v) is 7.41. The van der Waals surface area contributed by atoms with E-state index < -0.39 is 0 Å². The Labute approximate surface area is 122 Å². The predicted octanol–water partition coefficient (Wildman–Crippen LogP) is 3.40. The molecule has 0 amide bonds. The molecule has 0 saturated heterocycles. The van der Waals surface area contributed by atoms with Crippen LogP contribution in [0.2, 0.25) is 0 Å². The Kier molecular flexibility index (Phi) is 3.23. The van der Waals surface area contributed by atoms with E-state index in [0.717, 1.165) is 28.2 Å². The molecular formula is C15H18BrN3. The third-order valence-corrected chi connectivity index (χ3v) is 4.40. The molecule has 0 unspecified atom stereocenters. The molecule has 1 heterocycles. The van der Waals surface area contributed by atoms with Crippen molar-refractivity contribution in [3.63, 3.8) is 0 Å². The molecule has 1 fully saturated rings. The summed E-state index contributed by atoms with van der Waals surface area (Å²) in [5.41, 5.74) is 3.64. The minimum absolute atomic E-state index is 0.243. The Hall–Kier alpha value is -1.13. The lowest BCUT2D eigenvalue weighted by atomic mass is 10.1. The van der Waals surface area contributed by atoms with Gasteiger partial charge in [-0.15, -0.1) is 0 Å². The van der Waals surface area contributed by atoms with Crippen LogP contribution in [0.25, 0.3) is 11.3 Å². The molecule has 0 bridgehead atoms. The van der Waals surface area contributed by atoms with Gasteiger partial charge in [-0.2, -0.15) is 0 Å². The van der Waals surface area contributed by atoms with Crippen LogP contribution in [-0.4, -0.2) is 23.6 Å². The van der Waals surface area contributed by atoms with Gasteiger partial charge in [-0.1, -0.05) is 28.1 Å². The van der Waals surface area contributed by atoms with E-state index >= 15 is 0 Å². The summed E-state index contributed by atoms with van der Waals surface area (Å²) >= 11 is 3.47. The molecule has 1 aliphatic rings. The summed E-state index contributed by atoms with van der Waals surface area (Å²) in [6.45, 7) is 3.10. The second kappa shape index (κ2) is 4.76. The van der Waals surface area contributed by atoms with Crippen LogP contribution in [0.1, 0.15) is 24.4 Å². The van der Waals surface area contributed by atoms with Crippen LogP contribution < -0.4 is 5.32 Å². The molecule has 0 aliphatic heterocycles. The highest BCUT2D eigenvalue weighted by atomic mass is 79.9. The van der Waals surface area contributed by atoms with Crippen molar-refractivity contribution in [2.45, 2.75) is 25.2 Å². The molecule has 3 rings (SSSR count). The molecular weight excluding hydrogens is 302 g/mol. The lowest BCUT2D eigenvalue weighted by Crippen LogP contribution is -2.24. The summed E-state index contributed by atoms with van der Waals surface area (Å²) in [6, 6.07) is 8.33. The molecule has 19 heavy (non-hydrogen) atoms. The van der Waals surface area contributed by atoms with E-state index in [4.69, 9.17) is 4.98 Å². The van der Waals surface area contributed by atoms with Crippen LogP contribution in [0.3, 0.4) is 0 Å². The predicted molar refractivity (Wildman–Crippen MR) is 81.3 cm³/mol. The lowest BCUT2D eigenvalue weighted by molar-refractivity contribution is 0.593. The van der Waals surface area contributed by atoms with Gasteiger partial charge in [0.1, 0.15) is 5.82 Å². The summed E-state index contributed by atoms with van der Waals surface area (Å²) in [6.07, 6.45) is 2.45. The molecule has 1 saturated carbocycles. The summed E-state index contributed by atoms with van der Waals surface area (Å²) < 4.78 is 1.10. The Balaban J connectivity index is 1.96. The quantitative estimate of drug-likeness (QED) is 0.906. The standard InChI is InChI=1S/C15H18BrN3/c1-10-13(11-3-5-12(16)6-4-11)19-14(18-10)15(7-8-15)9-17-2/h3-6,17H,7-9H2,1-2H3,(H,18,19). The number of imidazole rings is 1. The summed E-state index contributed by atoms with van der Waals surface area (Å²) in [5, 5.41) is 3.28. The number of rotatable bonds is 4. The molecule has 3 nitrogen and oxygen atoms in total. The number of aryl methyl sites for hydroxylation is 1. The van der Waals surface area contributed by atoms with Crippen molar-refractivity contribution in [3.05, 3.63) is 40.3 Å². The van der Waals surface area contributed by atoms with E-state index in [1.165, 1.54) is 18.4 Å². The van der Waals surface area contributed by atoms with E-state index in [-0.39, 0.29) is 5.41 Å². The van der Waals surface area contributed by atoms with Gasteiger partial charge in [0.05, 0.1) is 5.69 Å². The number of nitrogens with one attached hydrogen (secondary N) is 2. The maximum atomic E-state index is 4.85. The van der Waals surface area contributed by atoms with Gasteiger partial charge in [-0.05, 0) is 38.9 Å². The topological polar surface area (TPSA) is 40.7 Å². The highest BCUT2D eigenvalue weighted by Gasteiger charge is 2.46. The van der Waals surface area contributed by atoms with Crippen molar-refractivity contribution < 1.29 is 0 Å². The van der Waals surface area contributed by atoms with Gasteiger partial charge < -0.3 is 10.3 Å². The van der Waals surface area contributed by atoms with Gasteiger partial charge in [0.25, 0.3) is 0 Å². The number of nitrogens with zero attached hydrogens (tertiary/aromatic N) is 1. The number of aromatic amines is 1. The maximum Gasteiger partial charge on any atom is 0.114 e. The van der Waals surface area contributed by atoms with E-state index in [2.05, 4.69) is 57.4 Å². The second-order valence-corrected chi connectivity index (χ2v) is 6.29. The molecule has 0 spiro atoms. The van der Waals surface area contributed by atoms with Gasteiger partial charge in [0.15, 0.2) is 0 Å². The fraction of sp³-hybridized carbons (Fsp3) is 0.400. The first kappa shape index (κ1) is 12.9. The van der Waals surface area contributed by atoms with Crippen molar-refractivity contribution >= 4 is 15.9 Å². The Morgan fingerprint density at radius 3 is 2.58 bits per heavy atom. The smallest absolute Gasteiger partial charge is 0.114 e. The largest absolute Gasteiger partial charge is 0.345 e.